The summed E-state index contributed by atoms with van der Waals surface area (Å²) in [5.41, 5.74) is 6.51. The van der Waals surface area contributed by atoms with E-state index in [-0.39, 0.29) is 5.92 Å². The van der Waals surface area contributed by atoms with Crippen LogP contribution >= 0.6 is 0 Å². The zero-order valence-corrected chi connectivity index (χ0v) is 13.9. The molecule has 118 valence electrons. The first-order chi connectivity index (χ1) is 11.7. The van der Waals surface area contributed by atoms with Crippen LogP contribution in [0.15, 0.2) is 77.2 Å². The van der Waals surface area contributed by atoms with Gasteiger partial charge in [-0.25, -0.2) is 4.98 Å². The SMILES string of the molecule is Cc1cc(C)c2oc(C(c3ccccc3)c3ccccc3)nc2c1. The smallest absolute Gasteiger partial charge is 0.207 e. The molecule has 0 unspecified atom stereocenters. The highest BCUT2D eigenvalue weighted by atomic mass is 16.3. The van der Waals surface area contributed by atoms with E-state index in [1.54, 1.807) is 0 Å². The summed E-state index contributed by atoms with van der Waals surface area (Å²) in [5, 5.41) is 0. The quantitative estimate of drug-likeness (QED) is 0.490. The van der Waals surface area contributed by atoms with E-state index in [9.17, 15) is 0 Å². The number of benzene rings is 3. The van der Waals surface area contributed by atoms with Crippen LogP contribution in [-0.2, 0) is 0 Å². The maximum Gasteiger partial charge on any atom is 0.207 e. The zero-order chi connectivity index (χ0) is 16.5. The van der Waals surface area contributed by atoms with E-state index in [0.29, 0.717) is 0 Å². The number of aryl methyl sites for hydroxylation is 2. The number of hydrogen-bond acceptors (Lipinski definition) is 2. The third-order valence-electron chi connectivity index (χ3n) is 4.35. The summed E-state index contributed by atoms with van der Waals surface area (Å²) in [7, 11) is 0. The lowest BCUT2D eigenvalue weighted by Gasteiger charge is -2.14. The van der Waals surface area contributed by atoms with E-state index in [0.717, 1.165) is 22.6 Å². The van der Waals surface area contributed by atoms with Crippen LogP contribution in [0.2, 0.25) is 0 Å². The van der Waals surface area contributed by atoms with Crippen molar-refractivity contribution in [3.63, 3.8) is 0 Å². The third-order valence-corrected chi connectivity index (χ3v) is 4.35. The molecular formula is C22H19NO. The van der Waals surface area contributed by atoms with Crippen LogP contribution in [0.3, 0.4) is 0 Å². The topological polar surface area (TPSA) is 26.0 Å². The van der Waals surface area contributed by atoms with E-state index < -0.39 is 0 Å². The molecule has 0 spiro atoms. The molecule has 4 aromatic rings. The summed E-state index contributed by atoms with van der Waals surface area (Å²) in [6.07, 6.45) is 0. The summed E-state index contributed by atoms with van der Waals surface area (Å²) < 4.78 is 6.21. The molecule has 2 heteroatoms. The zero-order valence-electron chi connectivity index (χ0n) is 13.9. The van der Waals surface area contributed by atoms with Gasteiger partial charge in [-0.2, -0.15) is 0 Å². The Morgan fingerprint density at radius 1 is 0.792 bits per heavy atom. The van der Waals surface area contributed by atoms with Gasteiger partial charge in [0.15, 0.2) is 5.58 Å². The normalized spacial score (nSPS) is 11.3. The molecule has 0 aliphatic rings. The van der Waals surface area contributed by atoms with E-state index in [4.69, 9.17) is 9.40 Å². The van der Waals surface area contributed by atoms with Gasteiger partial charge >= 0.3 is 0 Å². The summed E-state index contributed by atoms with van der Waals surface area (Å²) in [4.78, 5) is 4.82. The van der Waals surface area contributed by atoms with Crippen molar-refractivity contribution in [1.82, 2.24) is 4.98 Å². The van der Waals surface area contributed by atoms with Gasteiger partial charge in [0.1, 0.15) is 5.52 Å². The molecule has 3 aromatic carbocycles. The molecule has 24 heavy (non-hydrogen) atoms. The lowest BCUT2D eigenvalue weighted by Crippen LogP contribution is -2.03. The fourth-order valence-electron chi connectivity index (χ4n) is 3.29. The Balaban J connectivity index is 1.93. The van der Waals surface area contributed by atoms with Crippen molar-refractivity contribution in [2.75, 3.05) is 0 Å². The lowest BCUT2D eigenvalue weighted by atomic mass is 9.91. The molecule has 0 saturated carbocycles. The van der Waals surface area contributed by atoms with Gasteiger partial charge in [-0.05, 0) is 42.2 Å². The Labute approximate surface area is 141 Å². The number of hydrogen-bond donors (Lipinski definition) is 0. The van der Waals surface area contributed by atoms with Gasteiger partial charge in [-0.15, -0.1) is 0 Å². The first-order valence-electron chi connectivity index (χ1n) is 8.20. The first kappa shape index (κ1) is 14.7. The minimum absolute atomic E-state index is 0.000457. The maximum absolute atomic E-state index is 6.21. The van der Waals surface area contributed by atoms with Crippen molar-refractivity contribution in [2.45, 2.75) is 19.8 Å². The van der Waals surface area contributed by atoms with Crippen LogP contribution in [0.4, 0.5) is 0 Å². The number of rotatable bonds is 3. The molecule has 1 heterocycles. The number of fused-ring (bicyclic) bond motifs is 1. The van der Waals surface area contributed by atoms with Gasteiger partial charge in [0.25, 0.3) is 0 Å². The predicted molar refractivity (Wildman–Crippen MR) is 97.3 cm³/mol. The van der Waals surface area contributed by atoms with Crippen LogP contribution in [-0.4, -0.2) is 4.98 Å². The monoisotopic (exact) mass is 313 g/mol. The Hall–Kier alpha value is -2.87. The van der Waals surface area contributed by atoms with Gasteiger partial charge in [-0.1, -0.05) is 66.7 Å². The van der Waals surface area contributed by atoms with Gasteiger partial charge in [0.2, 0.25) is 5.89 Å². The Morgan fingerprint density at radius 3 is 1.96 bits per heavy atom. The molecule has 0 saturated heterocycles. The Bertz CT molecular complexity index is 931. The van der Waals surface area contributed by atoms with Crippen molar-refractivity contribution in [3.05, 3.63) is 101 Å². The molecule has 0 N–H and O–H groups in total. The van der Waals surface area contributed by atoms with Gasteiger partial charge < -0.3 is 4.42 Å². The lowest BCUT2D eigenvalue weighted by molar-refractivity contribution is 0.520. The summed E-state index contributed by atoms with van der Waals surface area (Å²) in [6, 6.07) is 25.0. The number of oxazole rings is 1. The first-order valence-corrected chi connectivity index (χ1v) is 8.20. The van der Waals surface area contributed by atoms with Crippen molar-refractivity contribution in [3.8, 4) is 0 Å². The van der Waals surface area contributed by atoms with Crippen molar-refractivity contribution < 1.29 is 4.42 Å². The van der Waals surface area contributed by atoms with E-state index in [2.05, 4.69) is 74.5 Å². The molecule has 2 nitrogen and oxygen atoms in total. The second-order valence-corrected chi connectivity index (χ2v) is 6.24. The molecule has 1 aromatic heterocycles. The molecule has 0 atom stereocenters. The van der Waals surface area contributed by atoms with E-state index >= 15 is 0 Å². The van der Waals surface area contributed by atoms with Crippen molar-refractivity contribution in [2.24, 2.45) is 0 Å². The molecule has 0 aliphatic heterocycles. The van der Waals surface area contributed by atoms with Crippen LogP contribution in [0.5, 0.6) is 0 Å². The third kappa shape index (κ3) is 2.61. The fourth-order valence-corrected chi connectivity index (χ4v) is 3.29. The average molecular weight is 313 g/mol. The summed E-state index contributed by atoms with van der Waals surface area (Å²) in [5.74, 6) is 0.746. The van der Waals surface area contributed by atoms with Gasteiger partial charge in [-0.3, -0.25) is 0 Å². The summed E-state index contributed by atoms with van der Waals surface area (Å²) >= 11 is 0. The second-order valence-electron chi connectivity index (χ2n) is 6.24. The predicted octanol–water partition coefficient (Wildman–Crippen LogP) is 5.62. The fraction of sp³-hybridized carbons (Fsp3) is 0.136. The number of nitrogens with zero attached hydrogens (tertiary/aromatic N) is 1. The molecule has 4 rings (SSSR count). The largest absolute Gasteiger partial charge is 0.439 e. The maximum atomic E-state index is 6.21. The van der Waals surface area contributed by atoms with Crippen molar-refractivity contribution in [1.29, 1.82) is 0 Å². The molecule has 0 amide bonds. The Morgan fingerprint density at radius 2 is 1.38 bits per heavy atom. The summed E-state index contributed by atoms with van der Waals surface area (Å²) in [6.45, 7) is 4.16. The highest BCUT2D eigenvalue weighted by Gasteiger charge is 2.22. The van der Waals surface area contributed by atoms with Crippen LogP contribution in [0.1, 0.15) is 34.1 Å². The molecule has 0 fully saturated rings. The van der Waals surface area contributed by atoms with Crippen molar-refractivity contribution >= 4 is 11.1 Å². The molecule has 0 bridgehead atoms. The van der Waals surface area contributed by atoms with Gasteiger partial charge in [0, 0.05) is 0 Å². The molecular weight excluding hydrogens is 294 g/mol. The minimum Gasteiger partial charge on any atom is -0.439 e. The second kappa shape index (κ2) is 5.97. The minimum atomic E-state index is -0.000457. The highest BCUT2D eigenvalue weighted by molar-refractivity contribution is 5.77. The highest BCUT2D eigenvalue weighted by Crippen LogP contribution is 2.34. The van der Waals surface area contributed by atoms with E-state index in [1.807, 2.05) is 12.1 Å². The molecule has 0 aliphatic carbocycles. The van der Waals surface area contributed by atoms with Gasteiger partial charge in [0.05, 0.1) is 5.92 Å². The standard InChI is InChI=1S/C22H19NO/c1-15-13-16(2)21-19(14-15)23-22(24-21)20(17-9-5-3-6-10-17)18-11-7-4-8-12-18/h3-14,20H,1-2H3. The van der Waals surface area contributed by atoms with Crippen LogP contribution in [0.25, 0.3) is 11.1 Å². The average Bonchev–Trinajstić information content (AvgIpc) is 3.01. The number of aromatic nitrogens is 1. The molecule has 0 radical (unpaired) electrons. The van der Waals surface area contributed by atoms with Crippen LogP contribution in [0, 0.1) is 13.8 Å². The van der Waals surface area contributed by atoms with Crippen LogP contribution < -0.4 is 0 Å². The Kier molecular flexibility index (Phi) is 3.66. The van der Waals surface area contributed by atoms with E-state index in [1.165, 1.54) is 16.7 Å².